The molecule has 160 valence electrons. The summed E-state index contributed by atoms with van der Waals surface area (Å²) in [5.74, 6) is -0.0420. The second-order valence-corrected chi connectivity index (χ2v) is 8.68. The van der Waals surface area contributed by atoms with Crippen molar-refractivity contribution in [2.45, 2.75) is 11.3 Å². The molecule has 0 saturated carbocycles. The molecule has 33 heavy (non-hydrogen) atoms. The van der Waals surface area contributed by atoms with E-state index >= 15 is 0 Å². The molecule has 0 N–H and O–H groups in total. The highest BCUT2D eigenvalue weighted by molar-refractivity contribution is 6.31. The minimum atomic E-state index is -0.490. The SMILES string of the molecule is Clc1ccccc1[C@H](c1ccccc1)C(c1ccccc1)(c1ccccc1)c1ccccc1. The van der Waals surface area contributed by atoms with E-state index in [0.717, 1.165) is 10.6 Å². The first-order valence-corrected chi connectivity index (χ1v) is 11.7. The highest BCUT2D eigenvalue weighted by Gasteiger charge is 2.45. The van der Waals surface area contributed by atoms with Crippen LogP contribution >= 0.6 is 11.6 Å². The van der Waals surface area contributed by atoms with E-state index in [2.05, 4.69) is 133 Å². The van der Waals surface area contributed by atoms with E-state index in [1.807, 2.05) is 12.1 Å². The van der Waals surface area contributed by atoms with Crippen molar-refractivity contribution in [1.29, 1.82) is 0 Å². The molecular weight excluding hydrogens is 420 g/mol. The smallest absolute Gasteiger partial charge is 0.0560 e. The molecule has 1 atom stereocenters. The molecule has 0 unspecified atom stereocenters. The van der Waals surface area contributed by atoms with Gasteiger partial charge in [-0.3, -0.25) is 0 Å². The van der Waals surface area contributed by atoms with Crippen LogP contribution in [-0.4, -0.2) is 0 Å². The van der Waals surface area contributed by atoms with Gasteiger partial charge in [0.15, 0.2) is 0 Å². The van der Waals surface area contributed by atoms with Gasteiger partial charge in [-0.2, -0.15) is 0 Å². The molecule has 0 bridgehead atoms. The molecule has 0 fully saturated rings. The van der Waals surface area contributed by atoms with Crippen LogP contribution in [0.4, 0.5) is 0 Å². The normalized spacial score (nSPS) is 12.3. The Morgan fingerprint density at radius 3 is 1.21 bits per heavy atom. The van der Waals surface area contributed by atoms with Crippen LogP contribution < -0.4 is 0 Å². The molecule has 0 nitrogen and oxygen atoms in total. The van der Waals surface area contributed by atoms with Gasteiger partial charge in [-0.25, -0.2) is 0 Å². The maximum atomic E-state index is 6.94. The predicted octanol–water partition coefficient (Wildman–Crippen LogP) is 8.51. The Bertz CT molecular complexity index is 1200. The van der Waals surface area contributed by atoms with Crippen LogP contribution in [0, 0.1) is 0 Å². The molecule has 0 radical (unpaired) electrons. The molecule has 0 aliphatic rings. The second-order valence-electron chi connectivity index (χ2n) is 8.27. The van der Waals surface area contributed by atoms with Gasteiger partial charge in [0.25, 0.3) is 0 Å². The van der Waals surface area contributed by atoms with Crippen LogP contribution in [0.1, 0.15) is 33.7 Å². The third-order valence-corrected chi connectivity index (χ3v) is 6.81. The maximum absolute atomic E-state index is 6.94. The second kappa shape index (κ2) is 9.48. The Balaban J connectivity index is 1.97. The van der Waals surface area contributed by atoms with E-state index in [4.69, 9.17) is 11.6 Å². The number of benzene rings is 5. The number of halogens is 1. The van der Waals surface area contributed by atoms with Crippen molar-refractivity contribution in [2.24, 2.45) is 0 Å². The Morgan fingerprint density at radius 1 is 0.424 bits per heavy atom. The molecule has 0 amide bonds. The van der Waals surface area contributed by atoms with E-state index in [9.17, 15) is 0 Å². The number of hydrogen-bond donors (Lipinski definition) is 0. The van der Waals surface area contributed by atoms with E-state index in [0.29, 0.717) is 0 Å². The van der Waals surface area contributed by atoms with E-state index in [-0.39, 0.29) is 5.92 Å². The summed E-state index contributed by atoms with van der Waals surface area (Å²) in [6, 6.07) is 51.5. The minimum absolute atomic E-state index is 0.0420. The van der Waals surface area contributed by atoms with Crippen molar-refractivity contribution in [3.05, 3.63) is 178 Å². The first kappa shape index (κ1) is 21.2. The fourth-order valence-electron chi connectivity index (χ4n) is 5.12. The van der Waals surface area contributed by atoms with Crippen LogP contribution in [0.5, 0.6) is 0 Å². The van der Waals surface area contributed by atoms with Gasteiger partial charge < -0.3 is 0 Å². The third kappa shape index (κ3) is 3.88. The van der Waals surface area contributed by atoms with Crippen LogP contribution in [0.3, 0.4) is 0 Å². The lowest BCUT2D eigenvalue weighted by Crippen LogP contribution is -2.37. The standard InChI is InChI=1S/C32H25Cl/c33-30-24-14-13-23-29(30)31(25-15-5-1-6-16-25)32(26-17-7-2-8-18-26,27-19-9-3-10-20-27)28-21-11-4-12-22-28/h1-24,31H/t31-/m0/s1. The van der Waals surface area contributed by atoms with Crippen LogP contribution in [0.15, 0.2) is 146 Å². The molecule has 0 spiro atoms. The molecule has 0 aromatic heterocycles. The molecule has 0 saturated heterocycles. The average Bonchev–Trinajstić information content (AvgIpc) is 2.90. The summed E-state index contributed by atoms with van der Waals surface area (Å²) in [5, 5.41) is 0.776. The monoisotopic (exact) mass is 444 g/mol. The molecular formula is C32H25Cl. The summed E-state index contributed by atoms with van der Waals surface area (Å²) in [5.41, 5.74) is 5.54. The van der Waals surface area contributed by atoms with Crippen molar-refractivity contribution in [3.8, 4) is 0 Å². The highest BCUT2D eigenvalue weighted by Crippen LogP contribution is 2.53. The molecule has 5 aromatic rings. The van der Waals surface area contributed by atoms with Gasteiger partial charge in [0.05, 0.1) is 5.41 Å². The van der Waals surface area contributed by atoms with Gasteiger partial charge in [0, 0.05) is 10.9 Å². The largest absolute Gasteiger partial charge is 0.0840 e. The average molecular weight is 445 g/mol. The summed E-state index contributed by atoms with van der Waals surface area (Å²) in [6.45, 7) is 0. The summed E-state index contributed by atoms with van der Waals surface area (Å²) >= 11 is 6.94. The van der Waals surface area contributed by atoms with E-state index in [1.54, 1.807) is 0 Å². The van der Waals surface area contributed by atoms with Gasteiger partial charge in [0.2, 0.25) is 0 Å². The maximum Gasteiger partial charge on any atom is 0.0560 e. The number of hydrogen-bond acceptors (Lipinski definition) is 0. The van der Waals surface area contributed by atoms with Gasteiger partial charge in [0.1, 0.15) is 0 Å². The molecule has 5 aromatic carbocycles. The van der Waals surface area contributed by atoms with Crippen molar-refractivity contribution in [3.63, 3.8) is 0 Å². The first-order valence-electron chi connectivity index (χ1n) is 11.3. The van der Waals surface area contributed by atoms with E-state index in [1.165, 1.54) is 22.3 Å². The van der Waals surface area contributed by atoms with Gasteiger partial charge in [-0.05, 0) is 33.9 Å². The summed E-state index contributed by atoms with van der Waals surface area (Å²) < 4.78 is 0. The zero-order valence-corrected chi connectivity index (χ0v) is 19.1. The molecule has 0 heterocycles. The van der Waals surface area contributed by atoms with Gasteiger partial charge >= 0.3 is 0 Å². The number of rotatable bonds is 6. The van der Waals surface area contributed by atoms with Crippen LogP contribution in [0.2, 0.25) is 5.02 Å². The first-order chi connectivity index (χ1) is 16.3. The summed E-state index contributed by atoms with van der Waals surface area (Å²) in [7, 11) is 0. The van der Waals surface area contributed by atoms with Crippen LogP contribution in [-0.2, 0) is 5.41 Å². The third-order valence-electron chi connectivity index (χ3n) is 6.47. The Morgan fingerprint density at radius 2 is 0.788 bits per heavy atom. The predicted molar refractivity (Wildman–Crippen MR) is 139 cm³/mol. The van der Waals surface area contributed by atoms with Crippen molar-refractivity contribution < 1.29 is 0 Å². The Labute approximate surface area is 201 Å². The Hall–Kier alpha value is -3.61. The van der Waals surface area contributed by atoms with Gasteiger partial charge in [-0.15, -0.1) is 0 Å². The quantitative estimate of drug-likeness (QED) is 0.230. The molecule has 1 heteroatoms. The fraction of sp³-hybridized carbons (Fsp3) is 0.0625. The zero-order chi connectivity index (χ0) is 22.5. The van der Waals surface area contributed by atoms with Crippen molar-refractivity contribution >= 4 is 11.6 Å². The van der Waals surface area contributed by atoms with Crippen molar-refractivity contribution in [1.82, 2.24) is 0 Å². The lowest BCUT2D eigenvalue weighted by molar-refractivity contribution is 0.537. The lowest BCUT2D eigenvalue weighted by atomic mass is 9.58. The van der Waals surface area contributed by atoms with E-state index < -0.39 is 5.41 Å². The van der Waals surface area contributed by atoms with Crippen LogP contribution in [0.25, 0.3) is 0 Å². The lowest BCUT2D eigenvalue weighted by Gasteiger charge is -2.44. The summed E-state index contributed by atoms with van der Waals surface area (Å²) in [6.07, 6.45) is 0. The summed E-state index contributed by atoms with van der Waals surface area (Å²) in [4.78, 5) is 0. The minimum Gasteiger partial charge on any atom is -0.0840 e. The fourth-order valence-corrected chi connectivity index (χ4v) is 5.37. The molecule has 5 rings (SSSR count). The molecule has 0 aliphatic carbocycles. The van der Waals surface area contributed by atoms with Crippen molar-refractivity contribution in [2.75, 3.05) is 0 Å². The zero-order valence-electron chi connectivity index (χ0n) is 18.3. The highest BCUT2D eigenvalue weighted by atomic mass is 35.5. The Kier molecular flexibility index (Phi) is 6.11. The topological polar surface area (TPSA) is 0 Å². The molecule has 0 aliphatic heterocycles. The van der Waals surface area contributed by atoms with Gasteiger partial charge in [-0.1, -0.05) is 151 Å².